The van der Waals surface area contributed by atoms with Gasteiger partial charge in [0.1, 0.15) is 0 Å². The highest BCUT2D eigenvalue weighted by Gasteiger charge is 2.39. The zero-order chi connectivity index (χ0) is 62.8. The quantitative estimate of drug-likeness (QED) is 0.126. The average Bonchev–Trinajstić information content (AvgIpc) is 1.43. The Labute approximate surface area is 549 Å². The summed E-state index contributed by atoms with van der Waals surface area (Å²) in [5, 5.41) is 12.3. The van der Waals surface area contributed by atoms with E-state index < -0.39 is 0 Å². The van der Waals surface area contributed by atoms with Gasteiger partial charge in [0.2, 0.25) is 0 Å². The zero-order valence-corrected chi connectivity index (χ0v) is 53.1. The van der Waals surface area contributed by atoms with Crippen LogP contribution in [0.15, 0.2) is 328 Å². The molecule has 0 aliphatic heterocycles. The van der Waals surface area contributed by atoms with Crippen LogP contribution in [0.2, 0.25) is 0 Å². The first-order valence-electron chi connectivity index (χ1n) is 33.0. The Hall–Kier alpha value is -11.6. The number of hydrogen-bond acceptors (Lipinski definition) is 2. The van der Waals surface area contributed by atoms with E-state index in [-0.39, 0.29) is 10.8 Å². The predicted molar refractivity (Wildman–Crippen MR) is 400 cm³/mol. The topological polar surface area (TPSA) is 6.48 Å². The van der Waals surface area contributed by atoms with Crippen molar-refractivity contribution in [2.75, 3.05) is 9.80 Å². The molecular weight excluding hydrogens is 1130 g/mol. The third-order valence-corrected chi connectivity index (χ3v) is 20.7. The van der Waals surface area contributed by atoms with Gasteiger partial charge in [0.05, 0.1) is 0 Å². The Morgan fingerprint density at radius 3 is 1.05 bits per heavy atom. The van der Waals surface area contributed by atoms with E-state index in [1.807, 2.05) is 0 Å². The molecule has 2 heteroatoms. The van der Waals surface area contributed by atoms with Gasteiger partial charge in [0.15, 0.2) is 0 Å². The summed E-state index contributed by atoms with van der Waals surface area (Å²) >= 11 is 0. The molecule has 2 nitrogen and oxygen atoms in total. The van der Waals surface area contributed by atoms with Gasteiger partial charge in [-0.3, -0.25) is 0 Å². The summed E-state index contributed by atoms with van der Waals surface area (Å²) in [7, 11) is 0. The highest BCUT2D eigenvalue weighted by atomic mass is 15.1. The molecule has 16 aromatic rings. The molecule has 2 aliphatic carbocycles. The van der Waals surface area contributed by atoms with Gasteiger partial charge in [-0.15, -0.1) is 0 Å². The SMILES string of the molecule is CC1(C)c2cc(-c3c4ccc(N(c5ccccc5)c5ccc6ccccc6c5)cc4c(-c4ccc5c(c4)C(C)(C)c4ccc6ccccc6c4-5)c4ccc(N(c5ccccc5)c5cc(-c6ccccc6)cc(-c6ccccc6)c5)cc34)ccc2-c2c1ccc1ccccc21. The molecule has 0 fully saturated rings. The number of rotatable bonds is 10. The Morgan fingerprint density at radius 2 is 0.574 bits per heavy atom. The van der Waals surface area contributed by atoms with Crippen LogP contribution in [0.25, 0.3) is 121 Å². The van der Waals surface area contributed by atoms with Crippen molar-refractivity contribution in [3.8, 4) is 66.8 Å². The Kier molecular flexibility index (Phi) is 12.7. The van der Waals surface area contributed by atoms with E-state index in [0.717, 1.165) is 45.3 Å². The molecule has 0 heterocycles. The van der Waals surface area contributed by atoms with Crippen LogP contribution >= 0.6 is 0 Å². The fraction of sp³-hybridized carbons (Fsp3) is 0.0652. The van der Waals surface area contributed by atoms with E-state index in [1.54, 1.807) is 0 Å². The van der Waals surface area contributed by atoms with Gasteiger partial charge in [-0.25, -0.2) is 0 Å². The molecule has 0 amide bonds. The van der Waals surface area contributed by atoms with Crippen LogP contribution in [0.4, 0.5) is 34.1 Å². The van der Waals surface area contributed by atoms with Crippen molar-refractivity contribution < 1.29 is 0 Å². The Bertz CT molecular complexity index is 5670. The fourth-order valence-electron chi connectivity index (χ4n) is 16.1. The minimum absolute atomic E-state index is 0.266. The van der Waals surface area contributed by atoms with E-state index in [1.165, 1.54) is 132 Å². The van der Waals surface area contributed by atoms with Crippen molar-refractivity contribution >= 4 is 88.0 Å². The maximum Gasteiger partial charge on any atom is 0.0473 e. The van der Waals surface area contributed by atoms with Crippen LogP contribution in [0.3, 0.4) is 0 Å². The molecule has 18 rings (SSSR count). The molecule has 2 aliphatic rings. The van der Waals surface area contributed by atoms with Gasteiger partial charge in [-0.2, -0.15) is 0 Å². The van der Waals surface area contributed by atoms with Gasteiger partial charge < -0.3 is 9.80 Å². The van der Waals surface area contributed by atoms with E-state index in [9.17, 15) is 0 Å². The monoisotopic (exact) mass is 1200 g/mol. The molecule has 0 spiro atoms. The van der Waals surface area contributed by atoms with Crippen molar-refractivity contribution in [1.29, 1.82) is 0 Å². The van der Waals surface area contributed by atoms with Crippen LogP contribution in [-0.4, -0.2) is 0 Å². The molecule has 94 heavy (non-hydrogen) atoms. The Balaban J connectivity index is 0.952. The van der Waals surface area contributed by atoms with Crippen molar-refractivity contribution in [3.05, 3.63) is 350 Å². The van der Waals surface area contributed by atoms with Crippen molar-refractivity contribution in [2.24, 2.45) is 0 Å². The first-order chi connectivity index (χ1) is 46.1. The molecule has 0 unspecified atom stereocenters. The summed E-state index contributed by atoms with van der Waals surface area (Å²) in [6.07, 6.45) is 0. The molecule has 0 saturated heterocycles. The normalized spacial score (nSPS) is 13.3. The van der Waals surface area contributed by atoms with Gasteiger partial charge in [-0.1, -0.05) is 264 Å². The first kappa shape index (κ1) is 55.3. The maximum atomic E-state index is 2.55. The predicted octanol–water partition coefficient (Wildman–Crippen LogP) is 25.7. The summed E-state index contributed by atoms with van der Waals surface area (Å²) in [5.41, 5.74) is 26.1. The Morgan fingerprint density at radius 1 is 0.191 bits per heavy atom. The number of nitrogens with zero attached hydrogens (tertiary/aromatic N) is 2. The second-order valence-corrected chi connectivity index (χ2v) is 26.8. The molecule has 0 bridgehead atoms. The molecule has 0 saturated carbocycles. The second kappa shape index (κ2) is 21.5. The number of para-hydroxylation sites is 2. The summed E-state index contributed by atoms with van der Waals surface area (Å²) in [6, 6.07) is 123. The zero-order valence-electron chi connectivity index (χ0n) is 53.1. The van der Waals surface area contributed by atoms with Crippen LogP contribution in [-0.2, 0) is 10.8 Å². The smallest absolute Gasteiger partial charge is 0.0473 e. The van der Waals surface area contributed by atoms with Gasteiger partial charge in [0, 0.05) is 45.0 Å². The second-order valence-electron chi connectivity index (χ2n) is 26.8. The molecule has 0 atom stereocenters. The minimum atomic E-state index is -0.269. The van der Waals surface area contributed by atoms with E-state index in [0.29, 0.717) is 0 Å². The van der Waals surface area contributed by atoms with Gasteiger partial charge in [-0.05, 0) is 234 Å². The summed E-state index contributed by atoms with van der Waals surface area (Å²) in [6.45, 7) is 9.69. The summed E-state index contributed by atoms with van der Waals surface area (Å²) < 4.78 is 0. The van der Waals surface area contributed by atoms with Crippen LogP contribution < -0.4 is 9.80 Å². The largest absolute Gasteiger partial charge is 0.310 e. The average molecular weight is 1200 g/mol. The molecule has 0 aromatic heterocycles. The first-order valence-corrected chi connectivity index (χ1v) is 33.0. The third-order valence-electron chi connectivity index (χ3n) is 20.7. The number of benzene rings is 16. The van der Waals surface area contributed by atoms with Crippen molar-refractivity contribution in [2.45, 2.75) is 38.5 Å². The lowest BCUT2D eigenvalue weighted by Crippen LogP contribution is -2.15. The molecule has 0 radical (unpaired) electrons. The van der Waals surface area contributed by atoms with Gasteiger partial charge >= 0.3 is 0 Å². The molecule has 444 valence electrons. The lowest BCUT2D eigenvalue weighted by Gasteiger charge is -2.29. The standard InChI is InChI=1S/C92H66N2/c1-91(2)83-49-40-62-28-19-21-35-75(62)89(83)79-45-38-65(55-85(79)91)87-78-48-44-73(94(70-33-15-8-16-34-70)74-53-67(59-23-9-5-10-24-59)51-68(54-74)60-25-11-6-12-26-60)58-82(78)88(66-39-46-80-86(56-66)92(3,4)84-50-41-63-29-20-22-36-76(63)90(80)84)77-47-43-72(57-81(77)87)93(69-31-13-7-14-32-69)71-42-37-61-27-17-18-30-64(61)52-71/h5-58H,1-4H3. The number of hydrogen-bond donors (Lipinski definition) is 0. The molecule has 0 N–H and O–H groups in total. The van der Waals surface area contributed by atoms with Crippen LogP contribution in [0.1, 0.15) is 49.9 Å². The highest BCUT2D eigenvalue weighted by molar-refractivity contribution is 6.23. The van der Waals surface area contributed by atoms with Crippen LogP contribution in [0.5, 0.6) is 0 Å². The van der Waals surface area contributed by atoms with E-state index in [2.05, 4.69) is 365 Å². The number of fused-ring (bicyclic) bond motifs is 13. The van der Waals surface area contributed by atoms with Crippen molar-refractivity contribution in [1.82, 2.24) is 0 Å². The number of anilines is 6. The van der Waals surface area contributed by atoms with Crippen molar-refractivity contribution in [3.63, 3.8) is 0 Å². The van der Waals surface area contributed by atoms with E-state index in [4.69, 9.17) is 0 Å². The van der Waals surface area contributed by atoms with E-state index >= 15 is 0 Å². The third kappa shape index (κ3) is 8.78. The molecular formula is C92H66N2. The van der Waals surface area contributed by atoms with Gasteiger partial charge in [0.25, 0.3) is 0 Å². The fourth-order valence-corrected chi connectivity index (χ4v) is 16.1. The lowest BCUT2D eigenvalue weighted by atomic mass is 9.79. The summed E-state index contributed by atoms with van der Waals surface area (Å²) in [5.74, 6) is 0. The summed E-state index contributed by atoms with van der Waals surface area (Å²) in [4.78, 5) is 4.92. The lowest BCUT2D eigenvalue weighted by molar-refractivity contribution is 0.661. The minimum Gasteiger partial charge on any atom is -0.310 e. The molecule has 16 aromatic carbocycles. The maximum absolute atomic E-state index is 2.55. The van der Waals surface area contributed by atoms with Crippen LogP contribution in [0, 0.1) is 0 Å². The highest BCUT2D eigenvalue weighted by Crippen LogP contribution is 2.57.